The lowest BCUT2D eigenvalue weighted by molar-refractivity contribution is -0.150. The third-order valence-corrected chi connectivity index (χ3v) is 9.48. The van der Waals surface area contributed by atoms with Crippen LogP contribution in [0.3, 0.4) is 0 Å². The van der Waals surface area contributed by atoms with Crippen LogP contribution in [0.1, 0.15) is 24.9 Å². The zero-order chi connectivity index (χ0) is 33.1. The molecule has 4 amide bonds. The summed E-state index contributed by atoms with van der Waals surface area (Å²) in [6, 6.07) is 1.38. The van der Waals surface area contributed by atoms with E-state index in [4.69, 9.17) is 5.73 Å². The molecule has 0 aliphatic carbocycles. The van der Waals surface area contributed by atoms with E-state index >= 15 is 0 Å². The number of aromatic amines is 1. The number of nitrogens with two attached hydrogens (primary N) is 1. The van der Waals surface area contributed by atoms with Crippen LogP contribution in [0.2, 0.25) is 0 Å². The number of rotatable bonds is 12. The molecule has 2 aromatic heterocycles. The summed E-state index contributed by atoms with van der Waals surface area (Å²) in [5, 5.41) is 36.3. The minimum atomic E-state index is -1.58. The van der Waals surface area contributed by atoms with Crippen LogP contribution in [-0.2, 0) is 21.4 Å². The highest BCUT2D eigenvalue weighted by Crippen LogP contribution is 2.42. The third-order valence-electron chi connectivity index (χ3n) is 7.04. The van der Waals surface area contributed by atoms with Crippen molar-refractivity contribution in [2.24, 2.45) is 12.8 Å². The van der Waals surface area contributed by atoms with Crippen LogP contribution in [0, 0.1) is 0 Å². The maximum Gasteiger partial charge on any atom is 0.352 e. The van der Waals surface area contributed by atoms with Gasteiger partial charge in [-0.1, -0.05) is 30.8 Å². The molecule has 2 aliphatic heterocycles. The van der Waals surface area contributed by atoms with Crippen molar-refractivity contribution >= 4 is 59.0 Å². The van der Waals surface area contributed by atoms with Gasteiger partial charge in [-0.15, -0.1) is 16.9 Å². The second-order valence-electron chi connectivity index (χ2n) is 10.1. The maximum atomic E-state index is 13.9. The van der Waals surface area contributed by atoms with E-state index in [1.165, 1.54) is 52.5 Å². The summed E-state index contributed by atoms with van der Waals surface area (Å²) in [5.74, 6) is -2.38. The maximum absolute atomic E-state index is 13.9. The molecular formula is C26H29N11O7S2. The largest absolute Gasteiger partial charge is 0.508 e. The molecule has 1 fully saturated rings. The summed E-state index contributed by atoms with van der Waals surface area (Å²) in [6.07, 6.45) is 1.85. The molecule has 242 valence electrons. The summed E-state index contributed by atoms with van der Waals surface area (Å²) in [7, 11) is 1.64. The number of aryl methyl sites for hydroxylation is 1. The molecule has 7 N–H and O–H groups in total. The Bertz CT molecular complexity index is 1760. The first-order chi connectivity index (χ1) is 22.0. The van der Waals surface area contributed by atoms with Crippen molar-refractivity contribution in [3.8, 4) is 5.75 Å². The number of benzene rings is 1. The minimum absolute atomic E-state index is 0.125. The number of aromatic nitrogens is 6. The number of nitrogens with one attached hydrogen (secondary N) is 3. The summed E-state index contributed by atoms with van der Waals surface area (Å²) < 4.78 is 1.44. The van der Waals surface area contributed by atoms with Crippen molar-refractivity contribution < 1.29 is 29.4 Å². The van der Waals surface area contributed by atoms with Gasteiger partial charge in [0.25, 0.3) is 11.5 Å². The van der Waals surface area contributed by atoms with Crippen molar-refractivity contribution in [3.63, 3.8) is 0 Å². The molecule has 0 bridgehead atoms. The predicted molar refractivity (Wildman–Crippen MR) is 166 cm³/mol. The van der Waals surface area contributed by atoms with Gasteiger partial charge in [-0.05, 0) is 40.1 Å². The summed E-state index contributed by atoms with van der Waals surface area (Å²) in [5.41, 5.74) is 5.05. The van der Waals surface area contributed by atoms with E-state index in [1.54, 1.807) is 7.05 Å². The molecule has 5 rings (SSSR count). The number of urea groups is 1. The Morgan fingerprint density at radius 3 is 2.61 bits per heavy atom. The summed E-state index contributed by atoms with van der Waals surface area (Å²) in [4.78, 5) is 74.0. The van der Waals surface area contributed by atoms with E-state index < -0.39 is 46.8 Å². The van der Waals surface area contributed by atoms with Gasteiger partial charge in [-0.3, -0.25) is 29.2 Å². The highest BCUT2D eigenvalue weighted by Gasteiger charge is 2.55. The van der Waals surface area contributed by atoms with Gasteiger partial charge in [0.15, 0.2) is 0 Å². The number of fused-ring (bicyclic) bond motifs is 1. The highest BCUT2D eigenvalue weighted by molar-refractivity contribution is 8.01. The number of carbonyl (C=O) groups excluding carboxylic acids is 3. The number of phenolic OH excluding ortho intramolecular Hbond substituents is 1. The van der Waals surface area contributed by atoms with E-state index in [0.29, 0.717) is 17.3 Å². The van der Waals surface area contributed by atoms with Crippen LogP contribution in [-0.4, -0.2) is 98.6 Å². The number of phenols is 1. The number of carboxylic acids is 1. The number of primary amides is 1. The Labute approximate surface area is 268 Å². The SMILES string of the molecule is CCCNc1ncc(N(C(N)=O)C(C(=O)NC2C(=O)N3C(C(=O)O)=C(CSc4nnnn4C)CS[C@@H]23)c2ccc(O)cc2)c(=O)[nH]1. The first-order valence-electron chi connectivity index (χ1n) is 13.8. The smallest absolute Gasteiger partial charge is 0.352 e. The van der Waals surface area contributed by atoms with Crippen LogP contribution in [0.25, 0.3) is 0 Å². The number of anilines is 2. The Morgan fingerprint density at radius 2 is 2.00 bits per heavy atom. The van der Waals surface area contributed by atoms with E-state index in [1.807, 2.05) is 6.92 Å². The number of carbonyl (C=O) groups is 4. The predicted octanol–water partition coefficient (Wildman–Crippen LogP) is -0.0218. The van der Waals surface area contributed by atoms with E-state index in [-0.39, 0.29) is 40.2 Å². The zero-order valence-corrected chi connectivity index (χ0v) is 26.0. The molecule has 3 aromatic rings. The lowest BCUT2D eigenvalue weighted by Crippen LogP contribution is -2.71. The molecule has 0 spiro atoms. The fourth-order valence-corrected chi connectivity index (χ4v) is 7.21. The second-order valence-corrected chi connectivity index (χ2v) is 12.1. The average molecular weight is 672 g/mol. The number of amides is 4. The summed E-state index contributed by atoms with van der Waals surface area (Å²) >= 11 is 2.47. The zero-order valence-electron chi connectivity index (χ0n) is 24.4. The monoisotopic (exact) mass is 671 g/mol. The molecule has 46 heavy (non-hydrogen) atoms. The topological polar surface area (TPSA) is 255 Å². The standard InChI is InChI=1S/C26H29N11O7S2/c1-3-8-28-25-29-9-15(19(39)31-25)36(24(27)44)17(12-4-6-14(38)7-5-12)20(40)30-16-21(41)37-18(23(42)43)13(10-45-22(16)37)11-46-26-32-33-34-35(26)2/h4-7,9,16-17,22,38H,3,8,10-11H2,1-2H3,(H2,27,44)(H,30,40)(H,42,43)(H2,28,29,31,39)/t16?,17?,22-/m0/s1. The quantitative estimate of drug-likeness (QED) is 0.109. The number of hydrogen-bond acceptors (Lipinski definition) is 13. The molecule has 2 unspecified atom stereocenters. The van der Waals surface area contributed by atoms with Gasteiger partial charge in [0.1, 0.15) is 34.6 Å². The molecule has 0 radical (unpaired) electrons. The second kappa shape index (κ2) is 13.5. The number of aliphatic carboxylic acids is 1. The number of hydrogen-bond donors (Lipinski definition) is 6. The van der Waals surface area contributed by atoms with Crippen LogP contribution in [0.15, 0.2) is 51.7 Å². The van der Waals surface area contributed by atoms with Crippen molar-refractivity contribution in [2.45, 2.75) is 36.0 Å². The number of H-pyrrole nitrogens is 1. The number of carboxylic acid groups (broad SMARTS) is 1. The number of tetrazole rings is 1. The van der Waals surface area contributed by atoms with Crippen molar-refractivity contribution in [1.29, 1.82) is 0 Å². The normalized spacial score (nSPS) is 18.0. The van der Waals surface area contributed by atoms with Crippen molar-refractivity contribution in [3.05, 3.63) is 57.6 Å². The van der Waals surface area contributed by atoms with Gasteiger partial charge in [0, 0.05) is 25.1 Å². The number of β-lactam (4-membered cyclic amide) rings is 1. The highest BCUT2D eigenvalue weighted by atomic mass is 32.2. The molecule has 2 aliphatic rings. The Balaban J connectivity index is 1.42. The van der Waals surface area contributed by atoms with Crippen LogP contribution in [0.4, 0.5) is 16.4 Å². The van der Waals surface area contributed by atoms with Crippen LogP contribution >= 0.6 is 23.5 Å². The molecule has 18 nitrogen and oxygen atoms in total. The van der Waals surface area contributed by atoms with Gasteiger partial charge in [-0.25, -0.2) is 19.3 Å². The Morgan fingerprint density at radius 1 is 1.26 bits per heavy atom. The van der Waals surface area contributed by atoms with E-state index in [0.717, 1.165) is 22.4 Å². The molecule has 0 saturated carbocycles. The fraction of sp³-hybridized carbons (Fsp3) is 0.346. The molecular weight excluding hydrogens is 642 g/mol. The van der Waals surface area contributed by atoms with Crippen LogP contribution < -0.4 is 26.8 Å². The molecule has 3 atom stereocenters. The fourth-order valence-electron chi connectivity index (χ4n) is 4.87. The number of aromatic hydroxyl groups is 1. The first kappa shape index (κ1) is 32.3. The van der Waals surface area contributed by atoms with Crippen molar-refractivity contribution in [2.75, 3.05) is 28.3 Å². The first-order valence-corrected chi connectivity index (χ1v) is 15.8. The van der Waals surface area contributed by atoms with Gasteiger partial charge >= 0.3 is 12.0 Å². The van der Waals surface area contributed by atoms with Crippen molar-refractivity contribution in [1.82, 2.24) is 40.4 Å². The minimum Gasteiger partial charge on any atom is -0.508 e. The number of nitrogens with zero attached hydrogens (tertiary/aromatic N) is 7. The van der Waals surface area contributed by atoms with Gasteiger partial charge in [-0.2, -0.15) is 0 Å². The van der Waals surface area contributed by atoms with E-state index in [2.05, 4.69) is 36.1 Å². The lowest BCUT2D eigenvalue weighted by Gasteiger charge is -2.49. The van der Waals surface area contributed by atoms with E-state index in [9.17, 15) is 34.2 Å². The van der Waals surface area contributed by atoms with Crippen LogP contribution in [0.5, 0.6) is 5.75 Å². The number of thioether (sulfide) groups is 2. The van der Waals surface area contributed by atoms with Gasteiger partial charge in [0.05, 0.1) is 6.20 Å². The molecule has 20 heteroatoms. The molecule has 1 aromatic carbocycles. The molecule has 4 heterocycles. The Kier molecular flexibility index (Phi) is 9.46. The van der Waals surface area contributed by atoms with Gasteiger partial charge < -0.3 is 26.6 Å². The lowest BCUT2D eigenvalue weighted by atomic mass is 10.00. The van der Waals surface area contributed by atoms with Gasteiger partial charge in [0.2, 0.25) is 17.0 Å². The molecule has 1 saturated heterocycles. The average Bonchev–Trinajstić information content (AvgIpc) is 3.44. The Hall–Kier alpha value is -5.11. The summed E-state index contributed by atoms with van der Waals surface area (Å²) in [6.45, 7) is 2.44. The third kappa shape index (κ3) is 6.33.